The van der Waals surface area contributed by atoms with Crippen molar-refractivity contribution in [2.75, 3.05) is 13.1 Å². The zero-order valence-electron chi connectivity index (χ0n) is 12.9. The normalized spacial score (nSPS) is 23.2. The quantitative estimate of drug-likeness (QED) is 0.906. The van der Waals surface area contributed by atoms with Crippen LogP contribution in [-0.4, -0.2) is 33.7 Å². The summed E-state index contributed by atoms with van der Waals surface area (Å²) in [6.07, 6.45) is 12.6. The van der Waals surface area contributed by atoms with E-state index in [2.05, 4.69) is 5.10 Å². The molecular formula is C16H26N4O. The van der Waals surface area contributed by atoms with Gasteiger partial charge in [0, 0.05) is 31.9 Å². The highest BCUT2D eigenvalue weighted by molar-refractivity contribution is 5.83. The predicted octanol–water partition coefficient (Wildman–Crippen LogP) is 1.99. The molecular weight excluding hydrogens is 264 g/mol. The lowest BCUT2D eigenvalue weighted by molar-refractivity contribution is -0.135. The molecule has 5 nitrogen and oxygen atoms in total. The minimum absolute atomic E-state index is 0.0497. The van der Waals surface area contributed by atoms with Gasteiger partial charge >= 0.3 is 0 Å². The predicted molar refractivity (Wildman–Crippen MR) is 81.5 cm³/mol. The van der Waals surface area contributed by atoms with Crippen LogP contribution in [0, 0.1) is 5.41 Å². The molecule has 0 bridgehead atoms. The Morgan fingerprint density at radius 2 is 1.90 bits per heavy atom. The van der Waals surface area contributed by atoms with Crippen molar-refractivity contribution in [3.8, 4) is 0 Å². The van der Waals surface area contributed by atoms with Crippen molar-refractivity contribution >= 4 is 5.91 Å². The zero-order valence-corrected chi connectivity index (χ0v) is 12.9. The van der Waals surface area contributed by atoms with Crippen LogP contribution in [0.5, 0.6) is 0 Å². The van der Waals surface area contributed by atoms with Gasteiger partial charge in [-0.1, -0.05) is 19.3 Å². The van der Waals surface area contributed by atoms with E-state index in [9.17, 15) is 4.79 Å². The van der Waals surface area contributed by atoms with Crippen LogP contribution in [0.2, 0.25) is 0 Å². The summed E-state index contributed by atoms with van der Waals surface area (Å²) in [5.41, 5.74) is 7.44. The molecule has 1 aromatic heterocycles. The molecule has 116 valence electrons. The Labute approximate surface area is 126 Å². The molecule has 1 amide bonds. The van der Waals surface area contributed by atoms with Crippen molar-refractivity contribution in [3.05, 3.63) is 18.0 Å². The Kier molecular flexibility index (Phi) is 4.02. The van der Waals surface area contributed by atoms with Gasteiger partial charge in [-0.05, 0) is 31.1 Å². The van der Waals surface area contributed by atoms with Crippen LogP contribution in [0.1, 0.15) is 56.6 Å². The van der Waals surface area contributed by atoms with Gasteiger partial charge in [0.1, 0.15) is 6.04 Å². The van der Waals surface area contributed by atoms with E-state index in [4.69, 9.17) is 5.73 Å². The maximum atomic E-state index is 12.5. The van der Waals surface area contributed by atoms with E-state index >= 15 is 0 Å². The highest BCUT2D eigenvalue weighted by atomic mass is 16.2. The second-order valence-electron chi connectivity index (χ2n) is 6.81. The van der Waals surface area contributed by atoms with Crippen LogP contribution in [-0.2, 0) is 11.8 Å². The highest BCUT2D eigenvalue weighted by Crippen LogP contribution is 2.44. The molecule has 1 spiro atoms. The van der Waals surface area contributed by atoms with E-state index in [0.717, 1.165) is 31.5 Å². The van der Waals surface area contributed by atoms with Crippen LogP contribution in [0.15, 0.2) is 12.4 Å². The highest BCUT2D eigenvalue weighted by Gasteiger charge is 2.37. The minimum Gasteiger partial charge on any atom is -0.341 e. The summed E-state index contributed by atoms with van der Waals surface area (Å²) >= 11 is 0. The lowest BCUT2D eigenvalue weighted by atomic mass is 9.68. The largest absolute Gasteiger partial charge is 0.341 e. The maximum Gasteiger partial charge on any atom is 0.244 e. The first-order valence-corrected chi connectivity index (χ1v) is 8.13. The molecule has 2 aliphatic rings. The molecule has 1 unspecified atom stereocenters. The third kappa shape index (κ3) is 2.98. The molecule has 3 rings (SSSR count). The maximum absolute atomic E-state index is 12.5. The van der Waals surface area contributed by atoms with E-state index in [0.29, 0.717) is 5.41 Å². The van der Waals surface area contributed by atoms with Gasteiger partial charge in [-0.25, -0.2) is 0 Å². The number of hydrogen-bond acceptors (Lipinski definition) is 3. The van der Waals surface area contributed by atoms with Gasteiger partial charge in [0.25, 0.3) is 0 Å². The molecule has 2 fully saturated rings. The minimum atomic E-state index is -0.570. The number of hydrogen-bond donors (Lipinski definition) is 1. The van der Waals surface area contributed by atoms with Gasteiger partial charge in [-0.3, -0.25) is 9.48 Å². The summed E-state index contributed by atoms with van der Waals surface area (Å²) in [6, 6.07) is -0.570. The third-order valence-electron chi connectivity index (χ3n) is 5.40. The van der Waals surface area contributed by atoms with Gasteiger partial charge in [0.05, 0.1) is 6.20 Å². The van der Waals surface area contributed by atoms with Crippen LogP contribution in [0.4, 0.5) is 0 Å². The van der Waals surface area contributed by atoms with Crippen LogP contribution < -0.4 is 5.73 Å². The summed E-state index contributed by atoms with van der Waals surface area (Å²) in [4.78, 5) is 14.5. The molecule has 5 heteroatoms. The van der Waals surface area contributed by atoms with Crippen LogP contribution in [0.25, 0.3) is 0 Å². The van der Waals surface area contributed by atoms with Crippen molar-refractivity contribution in [1.29, 1.82) is 0 Å². The lowest BCUT2D eigenvalue weighted by Gasteiger charge is -2.44. The molecule has 2 N–H and O–H groups in total. The van der Waals surface area contributed by atoms with Gasteiger partial charge < -0.3 is 10.6 Å². The second-order valence-corrected chi connectivity index (χ2v) is 6.81. The molecule has 0 radical (unpaired) electrons. The molecule has 1 saturated heterocycles. The summed E-state index contributed by atoms with van der Waals surface area (Å²) < 4.78 is 1.69. The van der Waals surface area contributed by atoms with E-state index < -0.39 is 6.04 Å². The summed E-state index contributed by atoms with van der Waals surface area (Å²) in [5.74, 6) is 0.0497. The number of aromatic nitrogens is 2. The fourth-order valence-electron chi connectivity index (χ4n) is 3.94. The van der Waals surface area contributed by atoms with Crippen molar-refractivity contribution < 1.29 is 4.79 Å². The first-order valence-electron chi connectivity index (χ1n) is 8.13. The van der Waals surface area contributed by atoms with E-state index in [-0.39, 0.29) is 5.91 Å². The smallest absolute Gasteiger partial charge is 0.244 e. The number of rotatable bonds is 2. The van der Waals surface area contributed by atoms with Crippen molar-refractivity contribution in [2.24, 2.45) is 18.2 Å². The first-order chi connectivity index (χ1) is 10.1. The fraction of sp³-hybridized carbons (Fsp3) is 0.750. The zero-order chi connectivity index (χ0) is 14.9. The topological polar surface area (TPSA) is 64.2 Å². The Bertz CT molecular complexity index is 494. The number of aryl methyl sites for hydroxylation is 1. The summed E-state index contributed by atoms with van der Waals surface area (Å²) in [6.45, 7) is 1.74. The summed E-state index contributed by atoms with van der Waals surface area (Å²) in [5, 5.41) is 4.10. The fourth-order valence-corrected chi connectivity index (χ4v) is 3.94. The number of carbonyl (C=O) groups excluding carboxylic acids is 1. The van der Waals surface area contributed by atoms with Gasteiger partial charge in [0.15, 0.2) is 0 Å². The number of piperidine rings is 1. The Morgan fingerprint density at radius 1 is 1.24 bits per heavy atom. The standard InChI is InChI=1S/C16H26N4O/c1-19-12-13(11-18-19)14(17)15(21)20-9-7-16(8-10-20)5-3-2-4-6-16/h11-12,14H,2-10,17H2,1H3. The molecule has 0 aromatic carbocycles. The average Bonchev–Trinajstić information content (AvgIpc) is 2.94. The van der Waals surface area contributed by atoms with Crippen LogP contribution in [0.3, 0.4) is 0 Å². The van der Waals surface area contributed by atoms with Gasteiger partial charge in [-0.2, -0.15) is 5.10 Å². The van der Waals surface area contributed by atoms with E-state index in [1.54, 1.807) is 10.9 Å². The Balaban J connectivity index is 1.59. The Hall–Kier alpha value is -1.36. The second kappa shape index (κ2) is 5.79. The van der Waals surface area contributed by atoms with E-state index in [1.165, 1.54) is 32.1 Å². The molecule has 1 aliphatic carbocycles. The number of nitrogens with two attached hydrogens (primary N) is 1. The average molecular weight is 290 g/mol. The SMILES string of the molecule is Cn1cc(C(N)C(=O)N2CCC3(CCCCC3)CC2)cn1. The molecule has 2 heterocycles. The number of carbonyl (C=O) groups is 1. The molecule has 21 heavy (non-hydrogen) atoms. The number of amides is 1. The molecule has 1 atom stereocenters. The monoisotopic (exact) mass is 290 g/mol. The molecule has 1 aliphatic heterocycles. The van der Waals surface area contributed by atoms with E-state index in [1.807, 2.05) is 18.1 Å². The van der Waals surface area contributed by atoms with Gasteiger partial charge in [-0.15, -0.1) is 0 Å². The Morgan fingerprint density at radius 3 is 2.48 bits per heavy atom. The molecule has 1 saturated carbocycles. The third-order valence-corrected chi connectivity index (χ3v) is 5.40. The number of nitrogens with zero attached hydrogens (tertiary/aromatic N) is 3. The van der Waals surface area contributed by atoms with Crippen LogP contribution >= 0.6 is 0 Å². The number of likely N-dealkylation sites (tertiary alicyclic amines) is 1. The van der Waals surface area contributed by atoms with Gasteiger partial charge in [0.2, 0.25) is 5.91 Å². The lowest BCUT2D eigenvalue weighted by Crippen LogP contribution is -2.46. The van der Waals surface area contributed by atoms with Crippen molar-refractivity contribution in [2.45, 2.75) is 51.0 Å². The first kappa shape index (κ1) is 14.6. The molecule has 1 aromatic rings. The summed E-state index contributed by atoms with van der Waals surface area (Å²) in [7, 11) is 1.84. The van der Waals surface area contributed by atoms with Crippen molar-refractivity contribution in [1.82, 2.24) is 14.7 Å². The van der Waals surface area contributed by atoms with Crippen molar-refractivity contribution in [3.63, 3.8) is 0 Å².